The SMILES string of the molecule is OCC1CN(c2nc3ccccc3o2)CC1CO. The molecule has 3 rings (SSSR count). The minimum atomic E-state index is 0.0853. The van der Waals surface area contributed by atoms with Crippen molar-refractivity contribution in [3.05, 3.63) is 24.3 Å². The maximum atomic E-state index is 9.28. The number of rotatable bonds is 3. The summed E-state index contributed by atoms with van der Waals surface area (Å²) in [4.78, 5) is 6.42. The average molecular weight is 248 g/mol. The van der Waals surface area contributed by atoms with Crippen molar-refractivity contribution in [3.63, 3.8) is 0 Å². The van der Waals surface area contributed by atoms with Crippen molar-refractivity contribution < 1.29 is 14.6 Å². The van der Waals surface area contributed by atoms with Gasteiger partial charge in [0.1, 0.15) is 5.52 Å². The van der Waals surface area contributed by atoms with E-state index in [0.29, 0.717) is 19.1 Å². The van der Waals surface area contributed by atoms with Crippen LogP contribution in [0.5, 0.6) is 0 Å². The van der Waals surface area contributed by atoms with Crippen LogP contribution < -0.4 is 4.90 Å². The molecule has 0 radical (unpaired) electrons. The van der Waals surface area contributed by atoms with Crippen LogP contribution in [0, 0.1) is 11.8 Å². The molecule has 2 unspecified atom stereocenters. The Morgan fingerprint density at radius 1 is 1.17 bits per heavy atom. The molecule has 2 N–H and O–H groups in total. The summed E-state index contributed by atoms with van der Waals surface area (Å²) in [7, 11) is 0. The molecule has 5 nitrogen and oxygen atoms in total. The van der Waals surface area contributed by atoms with Crippen molar-refractivity contribution in [3.8, 4) is 0 Å². The van der Waals surface area contributed by atoms with Crippen molar-refractivity contribution in [2.75, 3.05) is 31.2 Å². The number of aromatic nitrogens is 1. The highest BCUT2D eigenvalue weighted by Crippen LogP contribution is 2.29. The van der Waals surface area contributed by atoms with Crippen LogP contribution in [0.4, 0.5) is 6.01 Å². The van der Waals surface area contributed by atoms with E-state index in [1.165, 1.54) is 0 Å². The highest BCUT2D eigenvalue weighted by Gasteiger charge is 2.33. The van der Waals surface area contributed by atoms with Crippen molar-refractivity contribution in [2.24, 2.45) is 11.8 Å². The van der Waals surface area contributed by atoms with Crippen molar-refractivity contribution in [2.45, 2.75) is 0 Å². The van der Waals surface area contributed by atoms with E-state index in [4.69, 9.17) is 4.42 Å². The summed E-state index contributed by atoms with van der Waals surface area (Å²) in [5, 5.41) is 18.6. The summed E-state index contributed by atoms with van der Waals surface area (Å²) in [6.07, 6.45) is 0. The second kappa shape index (κ2) is 4.59. The Bertz CT molecular complexity index is 495. The zero-order valence-electron chi connectivity index (χ0n) is 9.99. The van der Waals surface area contributed by atoms with Gasteiger partial charge in [0.25, 0.3) is 6.01 Å². The number of hydrogen-bond acceptors (Lipinski definition) is 5. The van der Waals surface area contributed by atoms with Gasteiger partial charge in [0, 0.05) is 38.1 Å². The van der Waals surface area contributed by atoms with Crippen LogP contribution in [0.3, 0.4) is 0 Å². The lowest BCUT2D eigenvalue weighted by atomic mass is 9.98. The number of oxazole rings is 1. The van der Waals surface area contributed by atoms with Crippen LogP contribution in [0.25, 0.3) is 11.1 Å². The largest absolute Gasteiger partial charge is 0.423 e. The normalized spacial score (nSPS) is 24.0. The van der Waals surface area contributed by atoms with E-state index in [1.54, 1.807) is 0 Å². The topological polar surface area (TPSA) is 69.7 Å². The Kier molecular flexibility index (Phi) is 2.93. The molecule has 96 valence electrons. The van der Waals surface area contributed by atoms with E-state index in [1.807, 2.05) is 29.2 Å². The number of anilines is 1. The van der Waals surface area contributed by atoms with Gasteiger partial charge < -0.3 is 19.5 Å². The molecule has 2 aromatic rings. The first-order valence-electron chi connectivity index (χ1n) is 6.14. The molecule has 0 bridgehead atoms. The third-order valence-electron chi connectivity index (χ3n) is 3.60. The van der Waals surface area contributed by atoms with Crippen LogP contribution in [0.15, 0.2) is 28.7 Å². The second-order valence-electron chi connectivity index (χ2n) is 4.75. The Labute approximate surface area is 105 Å². The van der Waals surface area contributed by atoms with Gasteiger partial charge in [-0.3, -0.25) is 0 Å². The molecule has 0 spiro atoms. The van der Waals surface area contributed by atoms with Crippen LogP contribution in [-0.4, -0.2) is 41.5 Å². The van der Waals surface area contributed by atoms with Crippen LogP contribution in [0.2, 0.25) is 0 Å². The van der Waals surface area contributed by atoms with E-state index in [0.717, 1.165) is 11.1 Å². The lowest BCUT2D eigenvalue weighted by Crippen LogP contribution is -2.20. The molecule has 0 aliphatic carbocycles. The molecule has 0 amide bonds. The zero-order valence-corrected chi connectivity index (χ0v) is 9.99. The van der Waals surface area contributed by atoms with Gasteiger partial charge in [0.15, 0.2) is 5.58 Å². The quantitative estimate of drug-likeness (QED) is 0.843. The number of para-hydroxylation sites is 2. The molecule has 1 aromatic carbocycles. The van der Waals surface area contributed by atoms with Gasteiger partial charge in [-0.05, 0) is 12.1 Å². The first-order chi connectivity index (χ1) is 8.81. The number of aliphatic hydroxyl groups is 2. The Balaban J connectivity index is 1.87. The van der Waals surface area contributed by atoms with Crippen molar-refractivity contribution in [1.82, 2.24) is 4.98 Å². The molecule has 2 heterocycles. The standard InChI is InChI=1S/C13H16N2O3/c16-7-9-5-15(6-10(9)8-17)13-14-11-3-1-2-4-12(11)18-13/h1-4,9-10,16-17H,5-8H2. The molecule has 1 aliphatic heterocycles. The van der Waals surface area contributed by atoms with Crippen LogP contribution >= 0.6 is 0 Å². The summed E-state index contributed by atoms with van der Waals surface area (Å²) in [6.45, 7) is 1.52. The fraction of sp³-hybridized carbons (Fsp3) is 0.462. The predicted octanol–water partition coefficient (Wildman–Crippen LogP) is 0.865. The van der Waals surface area contributed by atoms with Crippen LogP contribution in [0.1, 0.15) is 0 Å². The van der Waals surface area contributed by atoms with E-state index in [-0.39, 0.29) is 25.0 Å². The van der Waals surface area contributed by atoms with Gasteiger partial charge in [-0.25, -0.2) is 0 Å². The molecule has 1 saturated heterocycles. The van der Waals surface area contributed by atoms with Crippen LogP contribution in [-0.2, 0) is 0 Å². The third-order valence-corrected chi connectivity index (χ3v) is 3.60. The minimum absolute atomic E-state index is 0.0853. The monoisotopic (exact) mass is 248 g/mol. The molecule has 18 heavy (non-hydrogen) atoms. The molecule has 0 saturated carbocycles. The molecular weight excluding hydrogens is 232 g/mol. The van der Waals surface area contributed by atoms with Gasteiger partial charge in [0.2, 0.25) is 0 Å². The molecule has 1 fully saturated rings. The van der Waals surface area contributed by atoms with Gasteiger partial charge in [0.05, 0.1) is 0 Å². The summed E-state index contributed by atoms with van der Waals surface area (Å²) in [5.74, 6) is 0.176. The molecule has 1 aliphatic rings. The summed E-state index contributed by atoms with van der Waals surface area (Å²) < 4.78 is 5.69. The predicted molar refractivity (Wildman–Crippen MR) is 67.4 cm³/mol. The third kappa shape index (κ3) is 1.85. The van der Waals surface area contributed by atoms with Crippen molar-refractivity contribution in [1.29, 1.82) is 0 Å². The summed E-state index contributed by atoms with van der Waals surface area (Å²) in [5.41, 5.74) is 1.60. The van der Waals surface area contributed by atoms with E-state index in [2.05, 4.69) is 4.98 Å². The number of nitrogens with zero attached hydrogens (tertiary/aromatic N) is 2. The highest BCUT2D eigenvalue weighted by molar-refractivity contribution is 5.74. The molecule has 2 atom stereocenters. The lowest BCUT2D eigenvalue weighted by Gasteiger charge is -2.12. The fourth-order valence-electron chi connectivity index (χ4n) is 2.50. The lowest BCUT2D eigenvalue weighted by molar-refractivity contribution is 0.152. The second-order valence-corrected chi connectivity index (χ2v) is 4.75. The van der Waals surface area contributed by atoms with E-state index in [9.17, 15) is 10.2 Å². The Morgan fingerprint density at radius 2 is 1.83 bits per heavy atom. The minimum Gasteiger partial charge on any atom is -0.423 e. The maximum absolute atomic E-state index is 9.28. The zero-order chi connectivity index (χ0) is 12.5. The van der Waals surface area contributed by atoms with Gasteiger partial charge in [-0.2, -0.15) is 4.98 Å². The van der Waals surface area contributed by atoms with Gasteiger partial charge in [-0.15, -0.1) is 0 Å². The number of benzene rings is 1. The van der Waals surface area contributed by atoms with Crippen molar-refractivity contribution >= 4 is 17.1 Å². The number of hydrogen-bond donors (Lipinski definition) is 2. The number of fused-ring (bicyclic) bond motifs is 1. The Hall–Kier alpha value is -1.59. The summed E-state index contributed by atoms with van der Waals surface area (Å²) in [6, 6.07) is 8.20. The first kappa shape index (κ1) is 11.5. The van der Waals surface area contributed by atoms with Gasteiger partial charge in [-0.1, -0.05) is 12.1 Å². The average Bonchev–Trinajstić information content (AvgIpc) is 3.01. The van der Waals surface area contributed by atoms with E-state index < -0.39 is 0 Å². The fourth-order valence-corrected chi connectivity index (χ4v) is 2.50. The summed E-state index contributed by atoms with van der Waals surface area (Å²) >= 11 is 0. The van der Waals surface area contributed by atoms with Gasteiger partial charge >= 0.3 is 0 Å². The van der Waals surface area contributed by atoms with E-state index >= 15 is 0 Å². The number of aliphatic hydroxyl groups excluding tert-OH is 2. The molecule has 5 heteroatoms. The smallest absolute Gasteiger partial charge is 0.298 e. The molecule has 1 aromatic heterocycles. The Morgan fingerprint density at radius 3 is 2.44 bits per heavy atom. The first-order valence-corrected chi connectivity index (χ1v) is 6.14. The molecular formula is C13H16N2O3. The highest BCUT2D eigenvalue weighted by atomic mass is 16.4. The maximum Gasteiger partial charge on any atom is 0.298 e.